The fourth-order valence-electron chi connectivity index (χ4n) is 2.43. The summed E-state index contributed by atoms with van der Waals surface area (Å²) in [5, 5.41) is 0. The molecule has 0 fully saturated rings. The molecular weight excluding hydrogens is 236 g/mol. The van der Waals surface area contributed by atoms with Gasteiger partial charge in [0.15, 0.2) is 0 Å². The van der Waals surface area contributed by atoms with Crippen LogP contribution < -0.4 is 10.5 Å². The first-order valence-electron chi connectivity index (χ1n) is 6.50. The van der Waals surface area contributed by atoms with Gasteiger partial charge >= 0.3 is 0 Å². The average molecular weight is 253 g/mol. The van der Waals surface area contributed by atoms with Gasteiger partial charge in [0.05, 0.1) is 12.2 Å². The van der Waals surface area contributed by atoms with Crippen LogP contribution in [-0.2, 0) is 6.54 Å². The van der Waals surface area contributed by atoms with Gasteiger partial charge in [-0.1, -0.05) is 18.2 Å². The highest BCUT2D eigenvalue weighted by Gasteiger charge is 2.25. The molecule has 3 rings (SSSR count). The number of rotatable bonds is 3. The maximum absolute atomic E-state index is 6.23. The van der Waals surface area contributed by atoms with Gasteiger partial charge in [0.25, 0.3) is 5.84 Å². The Morgan fingerprint density at radius 1 is 1.11 bits per heavy atom. The molecule has 19 heavy (non-hydrogen) atoms. The lowest BCUT2D eigenvalue weighted by atomic mass is 10.1. The van der Waals surface area contributed by atoms with E-state index >= 15 is 0 Å². The number of hydrogen-bond acceptors (Lipinski definition) is 2. The standard InChI is InChI=1S/C16H16N2O/c1-2-19-14-9-7-13(8-10-14)18-11-12-5-3-4-6-15(12)16(18)17/h3-10,17H,2,11H2,1H3/p+1. The lowest BCUT2D eigenvalue weighted by Gasteiger charge is -2.05. The lowest BCUT2D eigenvalue weighted by molar-refractivity contribution is -0.453. The lowest BCUT2D eigenvalue weighted by Crippen LogP contribution is -2.19. The minimum Gasteiger partial charge on any atom is -0.494 e. The fourth-order valence-corrected chi connectivity index (χ4v) is 2.43. The van der Waals surface area contributed by atoms with E-state index in [0.717, 1.165) is 29.4 Å². The molecule has 0 saturated heterocycles. The van der Waals surface area contributed by atoms with Gasteiger partial charge in [-0.3, -0.25) is 5.73 Å². The molecule has 96 valence electrons. The maximum atomic E-state index is 6.23. The van der Waals surface area contributed by atoms with Crippen molar-refractivity contribution in [1.82, 2.24) is 0 Å². The van der Waals surface area contributed by atoms with E-state index in [9.17, 15) is 0 Å². The summed E-state index contributed by atoms with van der Waals surface area (Å²) in [5.74, 6) is 1.71. The summed E-state index contributed by atoms with van der Waals surface area (Å²) in [6.45, 7) is 3.50. The third kappa shape index (κ3) is 2.08. The van der Waals surface area contributed by atoms with Crippen molar-refractivity contribution in [3.8, 4) is 5.75 Å². The van der Waals surface area contributed by atoms with Crippen molar-refractivity contribution in [2.45, 2.75) is 13.5 Å². The largest absolute Gasteiger partial charge is 0.494 e. The van der Waals surface area contributed by atoms with Crippen LogP contribution in [-0.4, -0.2) is 17.0 Å². The third-order valence-electron chi connectivity index (χ3n) is 3.37. The zero-order valence-corrected chi connectivity index (χ0v) is 11.0. The van der Waals surface area contributed by atoms with Crippen molar-refractivity contribution in [1.29, 1.82) is 0 Å². The fraction of sp³-hybridized carbons (Fsp3) is 0.188. The average Bonchev–Trinajstić information content (AvgIpc) is 2.78. The Balaban J connectivity index is 1.94. The van der Waals surface area contributed by atoms with Crippen molar-refractivity contribution in [3.63, 3.8) is 0 Å². The summed E-state index contributed by atoms with van der Waals surface area (Å²) in [6, 6.07) is 16.3. The molecule has 3 nitrogen and oxygen atoms in total. The SMILES string of the molecule is CCOc1ccc([N+]2=C(N)c3ccccc3C2)cc1. The maximum Gasteiger partial charge on any atom is 0.280 e. The van der Waals surface area contributed by atoms with Crippen molar-refractivity contribution < 1.29 is 9.31 Å². The van der Waals surface area contributed by atoms with Gasteiger partial charge in [-0.15, -0.1) is 0 Å². The summed E-state index contributed by atoms with van der Waals surface area (Å²) in [4.78, 5) is 0. The van der Waals surface area contributed by atoms with Crippen LogP contribution in [0.1, 0.15) is 18.1 Å². The van der Waals surface area contributed by atoms with Crippen molar-refractivity contribution in [2.24, 2.45) is 5.73 Å². The van der Waals surface area contributed by atoms with E-state index < -0.39 is 0 Å². The van der Waals surface area contributed by atoms with Crippen LogP contribution in [0, 0.1) is 0 Å². The van der Waals surface area contributed by atoms with Crippen LogP contribution in [0.15, 0.2) is 48.5 Å². The molecule has 3 heteroatoms. The van der Waals surface area contributed by atoms with Gasteiger partial charge in [0.1, 0.15) is 18.0 Å². The Hall–Kier alpha value is -2.29. The van der Waals surface area contributed by atoms with Gasteiger partial charge < -0.3 is 4.74 Å². The molecular formula is C16H17N2O+. The molecule has 0 atom stereocenters. The summed E-state index contributed by atoms with van der Waals surface area (Å²) >= 11 is 0. The van der Waals surface area contributed by atoms with Crippen molar-refractivity contribution >= 4 is 11.5 Å². The number of amidine groups is 1. The molecule has 1 aliphatic rings. The molecule has 0 unspecified atom stereocenters. The van der Waals surface area contributed by atoms with Crippen LogP contribution >= 0.6 is 0 Å². The number of ether oxygens (including phenoxy) is 1. The second-order valence-corrected chi connectivity index (χ2v) is 4.56. The Morgan fingerprint density at radius 3 is 2.53 bits per heavy atom. The Bertz CT molecular complexity index is 629. The van der Waals surface area contributed by atoms with Crippen LogP contribution in [0.4, 0.5) is 5.69 Å². The first-order valence-corrected chi connectivity index (χ1v) is 6.50. The number of fused-ring (bicyclic) bond motifs is 1. The van der Waals surface area contributed by atoms with Crippen LogP contribution in [0.5, 0.6) is 5.75 Å². The molecule has 0 saturated carbocycles. The smallest absolute Gasteiger partial charge is 0.280 e. The first kappa shape index (κ1) is 11.8. The highest BCUT2D eigenvalue weighted by molar-refractivity contribution is 5.97. The zero-order valence-electron chi connectivity index (χ0n) is 11.0. The Labute approximate surface area is 113 Å². The molecule has 0 aromatic heterocycles. The molecule has 1 aliphatic heterocycles. The minimum absolute atomic E-state index is 0.683. The Morgan fingerprint density at radius 2 is 1.84 bits per heavy atom. The predicted molar refractivity (Wildman–Crippen MR) is 76.0 cm³/mol. The second kappa shape index (κ2) is 4.76. The number of benzene rings is 2. The predicted octanol–water partition coefficient (Wildman–Crippen LogP) is 2.65. The van der Waals surface area contributed by atoms with E-state index in [1.807, 2.05) is 43.3 Å². The second-order valence-electron chi connectivity index (χ2n) is 4.56. The number of nitrogens with zero attached hydrogens (tertiary/aromatic N) is 1. The van der Waals surface area contributed by atoms with Gasteiger partial charge in [-0.2, -0.15) is 0 Å². The molecule has 2 N–H and O–H groups in total. The van der Waals surface area contributed by atoms with Gasteiger partial charge in [0.2, 0.25) is 0 Å². The third-order valence-corrected chi connectivity index (χ3v) is 3.37. The van der Waals surface area contributed by atoms with E-state index in [0.29, 0.717) is 6.61 Å². The Kier molecular flexibility index (Phi) is 2.95. The van der Waals surface area contributed by atoms with Crippen LogP contribution in [0.2, 0.25) is 0 Å². The highest BCUT2D eigenvalue weighted by atomic mass is 16.5. The van der Waals surface area contributed by atoms with Crippen LogP contribution in [0.25, 0.3) is 0 Å². The molecule has 0 amide bonds. The summed E-state index contributed by atoms with van der Waals surface area (Å²) in [5.41, 5.74) is 9.73. The molecule has 0 bridgehead atoms. The summed E-state index contributed by atoms with van der Waals surface area (Å²) < 4.78 is 7.58. The van der Waals surface area contributed by atoms with Crippen LogP contribution in [0.3, 0.4) is 0 Å². The molecule has 0 radical (unpaired) electrons. The van der Waals surface area contributed by atoms with Gasteiger partial charge in [0, 0.05) is 5.56 Å². The van der Waals surface area contributed by atoms with Gasteiger partial charge in [-0.05, 0) is 37.3 Å². The highest BCUT2D eigenvalue weighted by Crippen LogP contribution is 2.25. The minimum atomic E-state index is 0.683. The van der Waals surface area contributed by atoms with E-state index in [1.165, 1.54) is 5.56 Å². The topological polar surface area (TPSA) is 38.3 Å². The normalized spacial score (nSPS) is 13.5. The van der Waals surface area contributed by atoms with Crippen molar-refractivity contribution in [3.05, 3.63) is 59.7 Å². The molecule has 1 heterocycles. The zero-order chi connectivity index (χ0) is 13.2. The monoisotopic (exact) mass is 253 g/mol. The first-order chi connectivity index (χ1) is 9.29. The summed E-state index contributed by atoms with van der Waals surface area (Å²) in [7, 11) is 0. The van der Waals surface area contributed by atoms with E-state index in [1.54, 1.807) is 0 Å². The van der Waals surface area contributed by atoms with E-state index in [-0.39, 0.29) is 0 Å². The molecule has 2 aromatic carbocycles. The molecule has 0 aliphatic carbocycles. The van der Waals surface area contributed by atoms with E-state index in [4.69, 9.17) is 10.5 Å². The molecule has 2 aromatic rings. The van der Waals surface area contributed by atoms with Gasteiger partial charge in [-0.25, -0.2) is 4.58 Å². The number of hydrogen-bond donors (Lipinski definition) is 1. The van der Waals surface area contributed by atoms with Crippen molar-refractivity contribution in [2.75, 3.05) is 6.61 Å². The number of nitrogens with two attached hydrogens (primary N) is 1. The quantitative estimate of drug-likeness (QED) is 0.854. The molecule has 0 spiro atoms. The van der Waals surface area contributed by atoms with E-state index in [2.05, 4.69) is 16.7 Å². The summed E-state index contributed by atoms with van der Waals surface area (Å²) in [6.07, 6.45) is 0.